The van der Waals surface area contributed by atoms with Crippen molar-refractivity contribution in [3.8, 4) is 5.75 Å². The summed E-state index contributed by atoms with van der Waals surface area (Å²) >= 11 is 0. The van der Waals surface area contributed by atoms with Crippen molar-refractivity contribution in [2.24, 2.45) is 0 Å². The summed E-state index contributed by atoms with van der Waals surface area (Å²) in [6.07, 6.45) is -6.85. The van der Waals surface area contributed by atoms with Crippen LogP contribution >= 0.6 is 0 Å². The zero-order chi connectivity index (χ0) is 17.4. The molecule has 1 aliphatic heterocycles. The van der Waals surface area contributed by atoms with Crippen LogP contribution in [0.25, 0.3) is 11.0 Å². The third-order valence-electron chi connectivity index (χ3n) is 4.02. The second-order valence-electron chi connectivity index (χ2n) is 5.72. The Morgan fingerprint density at radius 3 is 2.58 bits per heavy atom. The minimum atomic E-state index is -1.53. The molecule has 1 aliphatic rings. The molecule has 0 amide bonds. The summed E-state index contributed by atoms with van der Waals surface area (Å²) in [5, 5.41) is 39.4. The molecule has 130 valence electrons. The first-order valence-electron chi connectivity index (χ1n) is 7.42. The van der Waals surface area contributed by atoms with Crippen molar-refractivity contribution in [2.45, 2.75) is 37.6 Å². The van der Waals surface area contributed by atoms with Gasteiger partial charge in [0.1, 0.15) is 35.7 Å². The number of hydrogen-bond donors (Lipinski definition) is 4. The van der Waals surface area contributed by atoms with Gasteiger partial charge in [-0.25, -0.2) is 4.79 Å². The topological polar surface area (TPSA) is 130 Å². The lowest BCUT2D eigenvalue weighted by Gasteiger charge is -2.39. The molecular weight excluding hydrogens is 320 g/mol. The van der Waals surface area contributed by atoms with Crippen LogP contribution in [0.15, 0.2) is 33.5 Å². The lowest BCUT2D eigenvalue weighted by molar-refractivity contribution is -0.277. The smallest absolute Gasteiger partial charge is 0.336 e. The highest BCUT2D eigenvalue weighted by molar-refractivity contribution is 5.81. The monoisotopic (exact) mass is 338 g/mol. The van der Waals surface area contributed by atoms with E-state index in [0.717, 1.165) is 10.9 Å². The predicted octanol–water partition coefficient (Wildman–Crippen LogP) is -0.720. The molecule has 0 bridgehead atoms. The van der Waals surface area contributed by atoms with Gasteiger partial charge in [0.05, 0.1) is 6.61 Å². The van der Waals surface area contributed by atoms with Crippen LogP contribution in [0.2, 0.25) is 0 Å². The highest BCUT2D eigenvalue weighted by Gasteiger charge is 2.44. The predicted molar refractivity (Wildman–Crippen MR) is 81.6 cm³/mol. The Morgan fingerprint density at radius 1 is 1.12 bits per heavy atom. The normalized spacial score (nSPS) is 30.5. The quantitative estimate of drug-likeness (QED) is 0.540. The lowest BCUT2D eigenvalue weighted by Crippen LogP contribution is -2.60. The fourth-order valence-electron chi connectivity index (χ4n) is 2.68. The molecule has 2 aromatic rings. The Kier molecular flexibility index (Phi) is 4.57. The summed E-state index contributed by atoms with van der Waals surface area (Å²) in [6.45, 7) is 1.23. The van der Waals surface area contributed by atoms with Gasteiger partial charge in [-0.2, -0.15) is 0 Å². The van der Waals surface area contributed by atoms with Gasteiger partial charge in [-0.15, -0.1) is 0 Å². The van der Waals surface area contributed by atoms with Crippen LogP contribution in [0.5, 0.6) is 5.75 Å². The van der Waals surface area contributed by atoms with Crippen LogP contribution in [-0.4, -0.2) is 57.7 Å². The summed E-state index contributed by atoms with van der Waals surface area (Å²) in [7, 11) is 0. The van der Waals surface area contributed by atoms with Crippen LogP contribution < -0.4 is 10.4 Å². The van der Waals surface area contributed by atoms with E-state index in [1.54, 1.807) is 19.1 Å². The van der Waals surface area contributed by atoms with Crippen LogP contribution in [-0.2, 0) is 4.74 Å². The van der Waals surface area contributed by atoms with Gasteiger partial charge in [-0.05, 0) is 24.6 Å². The molecule has 1 aromatic carbocycles. The maximum atomic E-state index is 11.5. The van der Waals surface area contributed by atoms with Crippen molar-refractivity contribution >= 4 is 11.0 Å². The van der Waals surface area contributed by atoms with E-state index in [9.17, 15) is 20.1 Å². The maximum Gasteiger partial charge on any atom is 0.336 e. The summed E-state index contributed by atoms with van der Waals surface area (Å²) < 4.78 is 15.9. The van der Waals surface area contributed by atoms with E-state index >= 15 is 0 Å². The highest BCUT2D eigenvalue weighted by atomic mass is 16.7. The van der Waals surface area contributed by atoms with Crippen LogP contribution in [0, 0.1) is 6.92 Å². The van der Waals surface area contributed by atoms with Crippen LogP contribution in [0.3, 0.4) is 0 Å². The number of aliphatic hydroxyl groups is 4. The maximum absolute atomic E-state index is 11.5. The molecule has 0 spiro atoms. The van der Waals surface area contributed by atoms with Gasteiger partial charge in [0.15, 0.2) is 0 Å². The Labute approximate surface area is 136 Å². The molecule has 1 saturated heterocycles. The second kappa shape index (κ2) is 6.50. The van der Waals surface area contributed by atoms with Crippen molar-refractivity contribution in [3.63, 3.8) is 0 Å². The number of benzene rings is 1. The number of ether oxygens (including phenoxy) is 2. The van der Waals surface area contributed by atoms with E-state index in [1.807, 2.05) is 0 Å². The fourth-order valence-corrected chi connectivity index (χ4v) is 2.68. The SMILES string of the molecule is Cc1cc(=O)oc2cc(OC3O[C@@H](CO)[C@@H](O)[C@H](O)[C@H]3O)ccc12. The standard InChI is InChI=1S/C16H18O8/c1-7-4-12(18)23-10-5-8(2-3-9(7)10)22-16-15(21)14(20)13(19)11(6-17)24-16/h2-5,11,13-17,19-21H,6H2,1H3/t11-,13+,14-,15+,16?/m0/s1. The van der Waals surface area contributed by atoms with E-state index in [-0.39, 0.29) is 5.75 Å². The first-order chi connectivity index (χ1) is 11.4. The van der Waals surface area contributed by atoms with Gasteiger partial charge < -0.3 is 34.3 Å². The molecule has 5 atom stereocenters. The number of fused-ring (bicyclic) bond motifs is 1. The highest BCUT2D eigenvalue weighted by Crippen LogP contribution is 2.27. The Bertz CT molecular complexity index is 783. The van der Waals surface area contributed by atoms with Gasteiger partial charge in [0.25, 0.3) is 0 Å². The number of aliphatic hydroxyl groups excluding tert-OH is 4. The van der Waals surface area contributed by atoms with E-state index in [2.05, 4.69) is 0 Å². The molecule has 24 heavy (non-hydrogen) atoms. The molecule has 8 heteroatoms. The zero-order valence-corrected chi connectivity index (χ0v) is 12.8. The average Bonchev–Trinajstić information content (AvgIpc) is 2.55. The molecule has 0 radical (unpaired) electrons. The van der Waals surface area contributed by atoms with E-state index in [1.165, 1.54) is 12.1 Å². The van der Waals surface area contributed by atoms with Crippen molar-refractivity contribution in [1.29, 1.82) is 0 Å². The Balaban J connectivity index is 1.87. The minimum absolute atomic E-state index is 0.237. The molecule has 8 nitrogen and oxygen atoms in total. The molecule has 1 aromatic heterocycles. The number of hydrogen-bond acceptors (Lipinski definition) is 8. The van der Waals surface area contributed by atoms with Crippen LogP contribution in [0.4, 0.5) is 0 Å². The summed E-state index contributed by atoms with van der Waals surface area (Å²) in [5.74, 6) is 0.237. The first-order valence-corrected chi connectivity index (χ1v) is 7.42. The third kappa shape index (κ3) is 3.02. The largest absolute Gasteiger partial charge is 0.462 e. The van der Waals surface area contributed by atoms with E-state index in [4.69, 9.17) is 19.0 Å². The van der Waals surface area contributed by atoms with E-state index < -0.39 is 42.9 Å². The van der Waals surface area contributed by atoms with Crippen molar-refractivity contribution in [2.75, 3.05) is 6.61 Å². The zero-order valence-electron chi connectivity index (χ0n) is 12.8. The van der Waals surface area contributed by atoms with Crippen molar-refractivity contribution in [1.82, 2.24) is 0 Å². The second-order valence-corrected chi connectivity index (χ2v) is 5.72. The molecule has 2 heterocycles. The molecule has 1 fully saturated rings. The average molecular weight is 338 g/mol. The third-order valence-corrected chi connectivity index (χ3v) is 4.02. The van der Waals surface area contributed by atoms with Crippen molar-refractivity contribution < 1.29 is 34.3 Å². The van der Waals surface area contributed by atoms with Crippen LogP contribution in [0.1, 0.15) is 5.56 Å². The van der Waals surface area contributed by atoms with Gasteiger partial charge in [0.2, 0.25) is 6.29 Å². The van der Waals surface area contributed by atoms with E-state index in [0.29, 0.717) is 5.58 Å². The fraction of sp³-hybridized carbons (Fsp3) is 0.438. The number of rotatable bonds is 3. The molecule has 0 aliphatic carbocycles. The molecule has 0 saturated carbocycles. The number of aryl methyl sites for hydroxylation is 1. The van der Waals surface area contributed by atoms with Gasteiger partial charge >= 0.3 is 5.63 Å². The molecule has 1 unspecified atom stereocenters. The minimum Gasteiger partial charge on any atom is -0.462 e. The van der Waals surface area contributed by atoms with Gasteiger partial charge in [-0.3, -0.25) is 0 Å². The lowest BCUT2D eigenvalue weighted by atomic mass is 9.99. The van der Waals surface area contributed by atoms with Gasteiger partial charge in [0, 0.05) is 17.5 Å². The Morgan fingerprint density at radius 2 is 1.88 bits per heavy atom. The van der Waals surface area contributed by atoms with Crippen molar-refractivity contribution in [3.05, 3.63) is 40.2 Å². The van der Waals surface area contributed by atoms with Gasteiger partial charge in [-0.1, -0.05) is 0 Å². The molecular formula is C16H18O8. The first kappa shape index (κ1) is 16.9. The summed E-state index contributed by atoms with van der Waals surface area (Å²) in [6, 6.07) is 6.12. The molecule has 3 rings (SSSR count). The summed E-state index contributed by atoms with van der Waals surface area (Å²) in [5.41, 5.74) is 0.563. The Hall–Kier alpha value is -1.97. The molecule has 4 N–H and O–H groups in total. The summed E-state index contributed by atoms with van der Waals surface area (Å²) in [4.78, 5) is 11.5.